The van der Waals surface area contributed by atoms with Crippen LogP contribution < -0.4 is 4.90 Å². The second-order valence-corrected chi connectivity index (χ2v) is 6.30. The van der Waals surface area contributed by atoms with Crippen LogP contribution in [-0.2, 0) is 20.7 Å². The van der Waals surface area contributed by atoms with Gasteiger partial charge in [0.25, 0.3) is 0 Å². The first-order valence-electron chi connectivity index (χ1n) is 7.29. The summed E-state index contributed by atoms with van der Waals surface area (Å²) >= 11 is 0. The van der Waals surface area contributed by atoms with Gasteiger partial charge in [-0.1, -0.05) is 12.1 Å². The molecular formula is C17H23NO3. The van der Waals surface area contributed by atoms with Crippen LogP contribution >= 0.6 is 0 Å². The van der Waals surface area contributed by atoms with Gasteiger partial charge >= 0.3 is 5.97 Å². The van der Waals surface area contributed by atoms with Gasteiger partial charge in [0.05, 0.1) is 13.0 Å². The first-order valence-corrected chi connectivity index (χ1v) is 7.29. The van der Waals surface area contributed by atoms with Gasteiger partial charge in [-0.3, -0.25) is 9.59 Å². The van der Waals surface area contributed by atoms with Crippen molar-refractivity contribution < 1.29 is 14.3 Å². The van der Waals surface area contributed by atoms with Gasteiger partial charge in [-0.05, 0) is 50.8 Å². The van der Waals surface area contributed by atoms with E-state index < -0.39 is 0 Å². The van der Waals surface area contributed by atoms with Gasteiger partial charge < -0.3 is 9.64 Å². The van der Waals surface area contributed by atoms with E-state index in [1.807, 2.05) is 30.0 Å². The highest BCUT2D eigenvalue weighted by molar-refractivity contribution is 5.94. The van der Waals surface area contributed by atoms with E-state index in [4.69, 9.17) is 4.74 Å². The summed E-state index contributed by atoms with van der Waals surface area (Å²) < 4.78 is 4.80. The van der Waals surface area contributed by atoms with Gasteiger partial charge in [0.2, 0.25) is 5.91 Å². The number of hydrogen-bond donors (Lipinski definition) is 0. The molecule has 114 valence electrons. The zero-order valence-corrected chi connectivity index (χ0v) is 13.4. The number of carbonyl (C=O) groups is 2. The molecule has 1 aromatic carbocycles. The predicted octanol–water partition coefficient (Wildman–Crippen LogP) is 3.04. The maximum absolute atomic E-state index is 12.0. The summed E-state index contributed by atoms with van der Waals surface area (Å²) in [5, 5.41) is 0. The molecule has 0 saturated carbocycles. The third-order valence-corrected chi connectivity index (χ3v) is 4.33. The first-order chi connectivity index (χ1) is 9.77. The predicted molar refractivity (Wildman–Crippen MR) is 82.4 cm³/mol. The number of methoxy groups -OCH3 is 1. The molecule has 1 aromatic rings. The average molecular weight is 289 g/mol. The molecule has 1 amide bonds. The zero-order chi connectivity index (χ0) is 15.8. The second-order valence-electron chi connectivity index (χ2n) is 6.30. The lowest BCUT2D eigenvalue weighted by Gasteiger charge is -2.43. The SMILES string of the molecule is COC(=O)C(C)c1ccc2c(c1)CCC(C)(C)N2C(C)=O. The normalized spacial score (nSPS) is 17.9. The average Bonchev–Trinajstić information content (AvgIpc) is 2.43. The van der Waals surface area contributed by atoms with E-state index in [0.29, 0.717) is 0 Å². The fourth-order valence-electron chi connectivity index (χ4n) is 3.08. The van der Waals surface area contributed by atoms with Gasteiger partial charge in [-0.2, -0.15) is 0 Å². The fraction of sp³-hybridized carbons (Fsp3) is 0.529. The molecule has 2 rings (SSSR count). The van der Waals surface area contributed by atoms with Gasteiger partial charge in [-0.15, -0.1) is 0 Å². The summed E-state index contributed by atoms with van der Waals surface area (Å²) in [6.45, 7) is 7.61. The maximum atomic E-state index is 12.0. The Morgan fingerprint density at radius 2 is 2.00 bits per heavy atom. The Balaban J connectivity index is 2.43. The number of benzene rings is 1. The number of carbonyl (C=O) groups excluding carboxylic acids is 2. The van der Waals surface area contributed by atoms with Gasteiger partial charge in [0.15, 0.2) is 0 Å². The number of ether oxygens (including phenoxy) is 1. The Hall–Kier alpha value is -1.84. The number of anilines is 1. The molecule has 0 radical (unpaired) electrons. The molecule has 1 unspecified atom stereocenters. The lowest BCUT2D eigenvalue weighted by molar-refractivity contribution is -0.142. The fourth-order valence-corrected chi connectivity index (χ4v) is 3.08. The van der Waals surface area contributed by atoms with Crippen LogP contribution in [0.25, 0.3) is 0 Å². The topological polar surface area (TPSA) is 46.6 Å². The number of nitrogens with zero attached hydrogens (tertiary/aromatic N) is 1. The van der Waals surface area contributed by atoms with Crippen molar-refractivity contribution >= 4 is 17.6 Å². The Kier molecular flexibility index (Phi) is 4.08. The Bertz CT molecular complexity index is 577. The summed E-state index contributed by atoms with van der Waals surface area (Å²) in [6.07, 6.45) is 1.82. The highest BCUT2D eigenvalue weighted by Crippen LogP contribution is 2.38. The van der Waals surface area contributed by atoms with Crippen LogP contribution in [0.1, 0.15) is 51.2 Å². The summed E-state index contributed by atoms with van der Waals surface area (Å²) in [7, 11) is 1.40. The third-order valence-electron chi connectivity index (χ3n) is 4.33. The molecule has 0 bridgehead atoms. The third kappa shape index (κ3) is 2.80. The molecule has 0 aliphatic carbocycles. The first kappa shape index (κ1) is 15.5. The van der Waals surface area contributed by atoms with Gasteiger partial charge in [0.1, 0.15) is 0 Å². The number of hydrogen-bond acceptors (Lipinski definition) is 3. The molecule has 21 heavy (non-hydrogen) atoms. The van der Waals surface area contributed by atoms with E-state index in [9.17, 15) is 9.59 Å². The number of rotatable bonds is 2. The number of fused-ring (bicyclic) bond motifs is 1. The smallest absolute Gasteiger partial charge is 0.312 e. The van der Waals surface area contributed by atoms with Crippen LogP contribution in [0.2, 0.25) is 0 Å². The van der Waals surface area contributed by atoms with Crippen LogP contribution in [0.4, 0.5) is 5.69 Å². The van der Waals surface area contributed by atoms with Gasteiger partial charge in [-0.25, -0.2) is 0 Å². The van der Waals surface area contributed by atoms with E-state index in [1.165, 1.54) is 7.11 Å². The summed E-state index contributed by atoms with van der Waals surface area (Å²) in [4.78, 5) is 25.5. The molecule has 1 aliphatic rings. The lowest BCUT2D eigenvalue weighted by Crippen LogP contribution is -2.50. The van der Waals surface area contributed by atoms with Crippen molar-refractivity contribution in [3.05, 3.63) is 29.3 Å². The molecule has 4 nitrogen and oxygen atoms in total. The van der Waals surface area contributed by atoms with Crippen molar-refractivity contribution in [3.63, 3.8) is 0 Å². The summed E-state index contributed by atoms with van der Waals surface area (Å²) in [5.41, 5.74) is 2.84. The van der Waals surface area contributed by atoms with Gasteiger partial charge in [0, 0.05) is 18.2 Å². The standard InChI is InChI=1S/C17H23NO3/c1-11(16(20)21-5)13-6-7-15-14(10-13)8-9-17(3,4)18(15)12(2)19/h6-7,10-11H,8-9H2,1-5H3. The van der Waals surface area contributed by atoms with Crippen molar-refractivity contribution in [1.82, 2.24) is 0 Å². The number of amides is 1. The Morgan fingerprint density at radius 1 is 1.33 bits per heavy atom. The maximum Gasteiger partial charge on any atom is 0.312 e. The molecule has 1 heterocycles. The van der Waals surface area contributed by atoms with Crippen LogP contribution in [0, 0.1) is 0 Å². The molecular weight excluding hydrogens is 266 g/mol. The highest BCUT2D eigenvalue weighted by atomic mass is 16.5. The summed E-state index contributed by atoms with van der Waals surface area (Å²) in [6, 6.07) is 5.90. The molecule has 0 N–H and O–H groups in total. The van der Waals surface area contributed by atoms with Crippen LogP contribution in [0.3, 0.4) is 0 Å². The minimum absolute atomic E-state index is 0.0507. The molecule has 0 aromatic heterocycles. The Labute approximate surface area is 126 Å². The van der Waals surface area contributed by atoms with Crippen LogP contribution in [-0.4, -0.2) is 24.5 Å². The second kappa shape index (κ2) is 5.51. The largest absolute Gasteiger partial charge is 0.469 e. The minimum Gasteiger partial charge on any atom is -0.469 e. The van der Waals surface area contributed by atoms with Crippen LogP contribution in [0.5, 0.6) is 0 Å². The van der Waals surface area contributed by atoms with Crippen molar-refractivity contribution in [3.8, 4) is 0 Å². The van der Waals surface area contributed by atoms with Crippen LogP contribution in [0.15, 0.2) is 18.2 Å². The molecule has 0 saturated heterocycles. The Morgan fingerprint density at radius 3 is 2.57 bits per heavy atom. The molecule has 0 spiro atoms. The number of esters is 1. The van der Waals surface area contributed by atoms with E-state index in [-0.39, 0.29) is 23.3 Å². The van der Waals surface area contributed by atoms with Crippen molar-refractivity contribution in [2.45, 2.75) is 52.0 Å². The van der Waals surface area contributed by atoms with Crippen molar-refractivity contribution in [2.75, 3.05) is 12.0 Å². The van der Waals surface area contributed by atoms with E-state index >= 15 is 0 Å². The van der Waals surface area contributed by atoms with E-state index in [2.05, 4.69) is 13.8 Å². The monoisotopic (exact) mass is 289 g/mol. The molecule has 1 aliphatic heterocycles. The van der Waals surface area contributed by atoms with Crippen molar-refractivity contribution in [1.29, 1.82) is 0 Å². The molecule has 1 atom stereocenters. The highest BCUT2D eigenvalue weighted by Gasteiger charge is 2.35. The van der Waals surface area contributed by atoms with E-state index in [1.54, 1.807) is 6.92 Å². The minimum atomic E-state index is -0.291. The zero-order valence-electron chi connectivity index (χ0n) is 13.4. The molecule has 0 fully saturated rings. The quantitative estimate of drug-likeness (QED) is 0.786. The lowest BCUT2D eigenvalue weighted by atomic mass is 9.85. The van der Waals surface area contributed by atoms with E-state index in [0.717, 1.165) is 29.7 Å². The van der Waals surface area contributed by atoms with Crippen molar-refractivity contribution in [2.24, 2.45) is 0 Å². The summed E-state index contributed by atoms with van der Waals surface area (Å²) in [5.74, 6) is -0.481. The number of aryl methyl sites for hydroxylation is 1. The molecule has 4 heteroatoms.